The van der Waals surface area contributed by atoms with Gasteiger partial charge < -0.3 is 20.9 Å². The number of hydrogen-bond acceptors (Lipinski definition) is 7. The summed E-state index contributed by atoms with van der Waals surface area (Å²) in [5, 5.41) is 10.7. The number of nitrogens with zero attached hydrogens (tertiary/aromatic N) is 4. The van der Waals surface area contributed by atoms with Gasteiger partial charge in [0.25, 0.3) is 0 Å². The number of benzene rings is 1. The zero-order valence-corrected chi connectivity index (χ0v) is 25.7. The van der Waals surface area contributed by atoms with Crippen LogP contribution in [0.4, 0.5) is 0 Å². The van der Waals surface area contributed by atoms with Crippen LogP contribution in [0.15, 0.2) is 41.8 Å². The molecule has 2 aromatic rings. The van der Waals surface area contributed by atoms with Crippen LogP contribution in [-0.2, 0) is 16.0 Å². The van der Waals surface area contributed by atoms with Gasteiger partial charge in [0, 0.05) is 80.6 Å². The van der Waals surface area contributed by atoms with Crippen LogP contribution in [0, 0.1) is 5.92 Å². The molecule has 1 aromatic heterocycles. The molecule has 0 unspecified atom stereocenters. The van der Waals surface area contributed by atoms with E-state index in [4.69, 9.17) is 17.3 Å². The first-order valence-electron chi connectivity index (χ1n) is 14.5. The van der Waals surface area contributed by atoms with Crippen LogP contribution in [0.2, 0.25) is 5.02 Å². The van der Waals surface area contributed by atoms with Crippen molar-refractivity contribution in [1.29, 1.82) is 0 Å². The summed E-state index contributed by atoms with van der Waals surface area (Å²) in [4.78, 5) is 32.2. The summed E-state index contributed by atoms with van der Waals surface area (Å²) in [5.74, 6) is 0.335. The van der Waals surface area contributed by atoms with Gasteiger partial charge in [0.05, 0.1) is 0 Å². The van der Waals surface area contributed by atoms with E-state index in [0.29, 0.717) is 36.5 Å². The summed E-state index contributed by atoms with van der Waals surface area (Å²) < 4.78 is 0. The Hall–Kier alpha value is -2.01. The molecule has 2 amide bonds. The lowest BCUT2D eigenvalue weighted by Gasteiger charge is -2.47. The Bertz CT molecular complexity index is 1070. The molecule has 2 saturated heterocycles. The molecule has 2 aliphatic rings. The highest BCUT2D eigenvalue weighted by Crippen LogP contribution is 2.23. The van der Waals surface area contributed by atoms with Gasteiger partial charge >= 0.3 is 0 Å². The van der Waals surface area contributed by atoms with E-state index in [9.17, 15) is 9.59 Å². The maximum Gasteiger partial charge on any atom is 0.245 e. The van der Waals surface area contributed by atoms with Crippen LogP contribution in [-0.4, -0.2) is 96.6 Å². The van der Waals surface area contributed by atoms with Crippen molar-refractivity contribution in [2.24, 2.45) is 11.7 Å². The van der Waals surface area contributed by atoms with Gasteiger partial charge in [-0.1, -0.05) is 43.6 Å². The highest BCUT2D eigenvalue weighted by molar-refractivity contribution is 7.10. The van der Waals surface area contributed by atoms with Crippen LogP contribution < -0.4 is 11.1 Å². The molecule has 0 saturated carbocycles. The summed E-state index contributed by atoms with van der Waals surface area (Å²) >= 11 is 7.63. The van der Waals surface area contributed by atoms with Gasteiger partial charge in [0.2, 0.25) is 11.8 Å². The number of halogens is 1. The fourth-order valence-electron chi connectivity index (χ4n) is 5.64. The minimum atomic E-state index is -0.648. The first-order chi connectivity index (χ1) is 19.2. The summed E-state index contributed by atoms with van der Waals surface area (Å²) in [6.07, 6.45) is 2.41. The molecule has 0 radical (unpaired) electrons. The number of rotatable bonds is 11. The number of carbonyl (C=O) groups excluding carboxylic acids is 2. The molecule has 40 heavy (non-hydrogen) atoms. The first kappa shape index (κ1) is 30.9. The minimum Gasteiger partial charge on any atom is -0.344 e. The SMILES string of the molecule is CC(C)CN(C1CCN(C(=O)[C@@H](Cc2ccc(Cl)cc2)NC(=O)C[C@H](N)c2cccs2)CC1)N1CCN(C)CC1. The Morgan fingerprint density at radius 2 is 1.75 bits per heavy atom. The molecule has 0 bridgehead atoms. The van der Waals surface area contributed by atoms with E-state index in [2.05, 4.69) is 41.1 Å². The van der Waals surface area contributed by atoms with Crippen molar-refractivity contribution in [2.75, 3.05) is 52.9 Å². The van der Waals surface area contributed by atoms with Gasteiger partial charge in [-0.15, -0.1) is 11.3 Å². The van der Waals surface area contributed by atoms with Crippen molar-refractivity contribution >= 4 is 34.8 Å². The fraction of sp³-hybridized carbons (Fsp3) is 0.600. The third-order valence-electron chi connectivity index (χ3n) is 7.89. The maximum atomic E-state index is 13.8. The molecule has 3 heterocycles. The number of likely N-dealkylation sites (tertiary alicyclic amines) is 1. The monoisotopic (exact) mass is 588 g/mol. The third kappa shape index (κ3) is 8.74. The zero-order chi connectivity index (χ0) is 28.6. The van der Waals surface area contributed by atoms with Crippen molar-refractivity contribution in [2.45, 2.75) is 57.7 Å². The normalized spacial score (nSPS) is 19.2. The molecular weight excluding hydrogens is 544 g/mol. The number of hydrazine groups is 1. The van der Waals surface area contributed by atoms with Gasteiger partial charge in [-0.05, 0) is 54.9 Å². The largest absolute Gasteiger partial charge is 0.344 e. The number of amides is 2. The summed E-state index contributed by atoms with van der Waals surface area (Å²) in [6.45, 7) is 11.2. The van der Waals surface area contributed by atoms with Gasteiger partial charge in [-0.25, -0.2) is 10.0 Å². The van der Waals surface area contributed by atoms with Gasteiger partial charge in [-0.2, -0.15) is 0 Å². The van der Waals surface area contributed by atoms with Crippen LogP contribution in [0.25, 0.3) is 0 Å². The average molecular weight is 589 g/mol. The zero-order valence-electron chi connectivity index (χ0n) is 24.1. The molecule has 0 aliphatic carbocycles. The van der Waals surface area contributed by atoms with Crippen LogP contribution in [0.5, 0.6) is 0 Å². The van der Waals surface area contributed by atoms with E-state index in [-0.39, 0.29) is 24.3 Å². The number of nitrogens with two attached hydrogens (primary N) is 1. The number of hydrogen-bond donors (Lipinski definition) is 2. The van der Waals surface area contributed by atoms with Crippen LogP contribution in [0.1, 0.15) is 49.6 Å². The van der Waals surface area contributed by atoms with E-state index < -0.39 is 6.04 Å². The predicted molar refractivity (Wildman–Crippen MR) is 163 cm³/mol. The second-order valence-corrected chi connectivity index (χ2v) is 13.0. The summed E-state index contributed by atoms with van der Waals surface area (Å²) in [5.41, 5.74) is 7.24. The lowest BCUT2D eigenvalue weighted by Crippen LogP contribution is -2.60. The van der Waals surface area contributed by atoms with Crippen LogP contribution in [0.3, 0.4) is 0 Å². The molecule has 2 fully saturated rings. The maximum absolute atomic E-state index is 13.8. The fourth-order valence-corrected chi connectivity index (χ4v) is 6.49. The van der Waals surface area contributed by atoms with Crippen LogP contribution >= 0.6 is 22.9 Å². The van der Waals surface area contributed by atoms with Crippen molar-refractivity contribution in [3.05, 3.63) is 57.2 Å². The van der Waals surface area contributed by atoms with E-state index >= 15 is 0 Å². The van der Waals surface area contributed by atoms with E-state index in [1.807, 2.05) is 46.7 Å². The molecule has 4 rings (SSSR count). The molecule has 2 aliphatic heterocycles. The Labute approximate surface area is 248 Å². The number of thiophene rings is 1. The molecule has 3 N–H and O–H groups in total. The highest BCUT2D eigenvalue weighted by atomic mass is 35.5. The molecule has 10 heteroatoms. The first-order valence-corrected chi connectivity index (χ1v) is 15.8. The molecule has 220 valence electrons. The Kier molecular flexibility index (Phi) is 11.4. The third-order valence-corrected chi connectivity index (χ3v) is 9.15. The quantitative estimate of drug-likeness (QED) is 0.417. The molecule has 2 atom stereocenters. The lowest BCUT2D eigenvalue weighted by atomic mass is 9.99. The predicted octanol–water partition coefficient (Wildman–Crippen LogP) is 3.63. The summed E-state index contributed by atoms with van der Waals surface area (Å²) in [7, 11) is 2.18. The van der Waals surface area contributed by atoms with E-state index in [1.54, 1.807) is 0 Å². The van der Waals surface area contributed by atoms with E-state index in [0.717, 1.165) is 56.0 Å². The molecule has 8 nitrogen and oxygen atoms in total. The second-order valence-electron chi connectivity index (χ2n) is 11.6. The molecule has 0 spiro atoms. The summed E-state index contributed by atoms with van der Waals surface area (Å²) in [6, 6.07) is 10.7. The highest BCUT2D eigenvalue weighted by Gasteiger charge is 2.34. The van der Waals surface area contributed by atoms with Gasteiger partial charge in [0.1, 0.15) is 6.04 Å². The van der Waals surface area contributed by atoms with Gasteiger partial charge in [-0.3, -0.25) is 9.59 Å². The topological polar surface area (TPSA) is 85.1 Å². The van der Waals surface area contributed by atoms with Crippen molar-refractivity contribution < 1.29 is 9.59 Å². The Morgan fingerprint density at radius 3 is 2.35 bits per heavy atom. The molecular formula is C30H45ClN6O2S. The number of likely N-dealkylation sites (N-methyl/N-ethyl adjacent to an activating group) is 1. The van der Waals surface area contributed by atoms with Crippen molar-refractivity contribution in [3.63, 3.8) is 0 Å². The van der Waals surface area contributed by atoms with Crippen molar-refractivity contribution in [1.82, 2.24) is 25.1 Å². The number of piperazine rings is 1. The smallest absolute Gasteiger partial charge is 0.245 e. The number of nitrogens with one attached hydrogen (secondary N) is 1. The Balaban J connectivity index is 1.40. The number of carbonyl (C=O) groups is 2. The Morgan fingerprint density at radius 1 is 1.07 bits per heavy atom. The molecule has 1 aromatic carbocycles. The number of piperidine rings is 1. The lowest BCUT2D eigenvalue weighted by molar-refractivity contribution is -0.140. The van der Waals surface area contributed by atoms with E-state index in [1.165, 1.54) is 11.3 Å². The standard InChI is InChI=1S/C30H45ClN6O2S/c1-22(2)21-37(36-16-14-34(3)15-17-36)25-10-12-35(13-11-25)30(39)27(19-23-6-8-24(31)9-7-23)33-29(38)20-26(32)28-5-4-18-40-28/h4-9,18,22,25-27H,10-17,19-21,32H2,1-3H3,(H,33,38)/t26-,27+/m0/s1. The minimum absolute atomic E-state index is 0.0264. The average Bonchev–Trinajstić information content (AvgIpc) is 3.48. The second kappa shape index (κ2) is 14.8. The van der Waals surface area contributed by atoms with Gasteiger partial charge in [0.15, 0.2) is 0 Å². The van der Waals surface area contributed by atoms with Crippen molar-refractivity contribution in [3.8, 4) is 0 Å².